The van der Waals surface area contributed by atoms with E-state index in [1.807, 2.05) is 34.1 Å². The number of hydrogen-bond acceptors (Lipinski definition) is 5. The van der Waals surface area contributed by atoms with Gasteiger partial charge in [0.1, 0.15) is 5.84 Å². The summed E-state index contributed by atoms with van der Waals surface area (Å²) in [6.07, 6.45) is 2.15. The number of nitrogens with two attached hydrogens (primary N) is 1. The van der Waals surface area contributed by atoms with E-state index in [4.69, 9.17) is 15.9 Å². The van der Waals surface area contributed by atoms with Crippen molar-refractivity contribution in [1.29, 1.82) is 5.41 Å². The maximum Gasteiger partial charge on any atom is 0.320 e. The summed E-state index contributed by atoms with van der Waals surface area (Å²) in [4.78, 5) is 30.3. The minimum absolute atomic E-state index is 0. The molecule has 3 N–H and O–H groups in total. The Morgan fingerprint density at radius 3 is 2.10 bits per heavy atom. The highest BCUT2D eigenvalue weighted by molar-refractivity contribution is 5.95. The highest BCUT2D eigenvalue weighted by atomic mass is 35.5. The molecule has 0 radical (unpaired) electrons. The van der Waals surface area contributed by atoms with Gasteiger partial charge in [-0.15, -0.1) is 12.4 Å². The number of hydrogen-bond donors (Lipinski definition) is 2. The zero-order valence-corrected chi connectivity index (χ0v) is 17.6. The molecule has 1 aromatic rings. The smallest absolute Gasteiger partial charge is 0.320 e. The normalized spacial score (nSPS) is 17.5. The second kappa shape index (κ2) is 10.3. The van der Waals surface area contributed by atoms with Crippen LogP contribution in [0.2, 0.25) is 0 Å². The van der Waals surface area contributed by atoms with E-state index < -0.39 is 0 Å². The van der Waals surface area contributed by atoms with Gasteiger partial charge in [0, 0.05) is 56.9 Å². The lowest BCUT2D eigenvalue weighted by Crippen LogP contribution is -2.54. The number of methoxy groups -OCH3 is 1. The summed E-state index contributed by atoms with van der Waals surface area (Å²) < 4.78 is 4.74. The van der Waals surface area contributed by atoms with E-state index in [1.54, 1.807) is 0 Å². The summed E-state index contributed by atoms with van der Waals surface area (Å²) in [5.74, 6) is 0.209. The molecule has 2 heterocycles. The van der Waals surface area contributed by atoms with Gasteiger partial charge < -0.3 is 25.2 Å². The molecule has 0 saturated carbocycles. The van der Waals surface area contributed by atoms with Gasteiger partial charge in [-0.3, -0.25) is 10.2 Å². The second-order valence-corrected chi connectivity index (χ2v) is 7.43. The zero-order chi connectivity index (χ0) is 20.1. The van der Waals surface area contributed by atoms with Crippen LogP contribution < -0.4 is 10.6 Å². The molecule has 0 atom stereocenters. The Kier molecular flexibility index (Phi) is 8.13. The number of piperidine rings is 1. The van der Waals surface area contributed by atoms with Crippen molar-refractivity contribution in [2.75, 3.05) is 51.3 Å². The number of halogens is 1. The Morgan fingerprint density at radius 2 is 1.59 bits per heavy atom. The van der Waals surface area contributed by atoms with E-state index in [0.717, 1.165) is 31.6 Å². The maximum atomic E-state index is 12.8. The number of piperazine rings is 1. The van der Waals surface area contributed by atoms with Gasteiger partial charge in [-0.05, 0) is 43.0 Å². The molecule has 29 heavy (non-hydrogen) atoms. The number of likely N-dealkylation sites (tertiary alicyclic amines) is 1. The third-order valence-corrected chi connectivity index (χ3v) is 5.66. The first kappa shape index (κ1) is 22.8. The Hall–Kier alpha value is -2.48. The summed E-state index contributed by atoms with van der Waals surface area (Å²) in [5, 5.41) is 7.47. The number of ether oxygens (including phenoxy) is 1. The van der Waals surface area contributed by atoms with Crippen LogP contribution in [0.4, 0.5) is 10.5 Å². The number of carbonyl (C=O) groups excluding carboxylic acids is 2. The molecule has 0 spiro atoms. The predicted octanol–water partition coefficient (Wildman–Crippen LogP) is 1.91. The fraction of sp³-hybridized carbons (Fsp3) is 0.550. The molecular weight excluding hydrogens is 394 g/mol. The molecular formula is C20H30ClN5O3. The zero-order valence-electron chi connectivity index (χ0n) is 16.8. The molecule has 3 rings (SSSR count). The largest absolute Gasteiger partial charge is 0.469 e. The second-order valence-electron chi connectivity index (χ2n) is 7.43. The minimum Gasteiger partial charge on any atom is -0.469 e. The van der Waals surface area contributed by atoms with Crippen LogP contribution in [0.5, 0.6) is 0 Å². The lowest BCUT2D eigenvalue weighted by atomic mass is 9.94. The standard InChI is InChI=1S/C20H29N5O3.ClH/c1-28-18(26)14-15-6-8-24(9-7-15)20(27)25-12-10-23(11-13-25)17-4-2-16(3-5-17)19(21)22;/h2-5,15H,6-14H2,1H3,(H3,21,22);1H. The minimum atomic E-state index is -0.169. The van der Waals surface area contributed by atoms with E-state index >= 15 is 0 Å². The number of nitrogen functional groups attached to an aromatic ring is 1. The van der Waals surface area contributed by atoms with Crippen molar-refractivity contribution in [3.05, 3.63) is 29.8 Å². The Labute approximate surface area is 177 Å². The summed E-state index contributed by atoms with van der Waals surface area (Å²) in [5.41, 5.74) is 7.30. The molecule has 2 aliphatic rings. The fourth-order valence-electron chi connectivity index (χ4n) is 3.86. The van der Waals surface area contributed by atoms with Crippen molar-refractivity contribution in [2.45, 2.75) is 19.3 Å². The molecule has 160 valence electrons. The topological polar surface area (TPSA) is 103 Å². The van der Waals surface area contributed by atoms with Gasteiger partial charge in [-0.25, -0.2) is 4.79 Å². The van der Waals surface area contributed by atoms with Crippen LogP contribution in [0.3, 0.4) is 0 Å². The van der Waals surface area contributed by atoms with E-state index in [-0.39, 0.29) is 30.2 Å². The first-order valence-electron chi connectivity index (χ1n) is 9.78. The third-order valence-electron chi connectivity index (χ3n) is 5.66. The van der Waals surface area contributed by atoms with Crippen molar-refractivity contribution in [3.8, 4) is 0 Å². The predicted molar refractivity (Wildman–Crippen MR) is 115 cm³/mol. The van der Waals surface area contributed by atoms with E-state index in [1.165, 1.54) is 7.11 Å². The molecule has 0 bridgehead atoms. The van der Waals surface area contributed by atoms with Crippen LogP contribution in [-0.2, 0) is 9.53 Å². The van der Waals surface area contributed by atoms with Gasteiger partial charge in [-0.1, -0.05) is 0 Å². The quantitative estimate of drug-likeness (QED) is 0.437. The highest BCUT2D eigenvalue weighted by Crippen LogP contribution is 2.23. The number of rotatable bonds is 4. The van der Waals surface area contributed by atoms with Gasteiger partial charge >= 0.3 is 12.0 Å². The number of carbonyl (C=O) groups is 2. The number of nitrogens with one attached hydrogen (secondary N) is 1. The average molecular weight is 424 g/mol. The molecule has 2 amide bonds. The average Bonchev–Trinajstić information content (AvgIpc) is 2.74. The van der Waals surface area contributed by atoms with Gasteiger partial charge in [0.25, 0.3) is 0 Å². The Morgan fingerprint density at radius 1 is 1.03 bits per heavy atom. The number of amides is 2. The first-order valence-corrected chi connectivity index (χ1v) is 9.78. The van der Waals surface area contributed by atoms with Crippen LogP contribution >= 0.6 is 12.4 Å². The number of urea groups is 1. The van der Waals surface area contributed by atoms with Crippen molar-refractivity contribution < 1.29 is 14.3 Å². The lowest BCUT2D eigenvalue weighted by molar-refractivity contribution is -0.142. The maximum absolute atomic E-state index is 12.8. The van der Waals surface area contributed by atoms with Gasteiger partial charge in [-0.2, -0.15) is 0 Å². The SMILES string of the molecule is COC(=O)CC1CCN(C(=O)N2CCN(c3ccc(C(=N)N)cc3)CC2)CC1.Cl. The molecule has 2 saturated heterocycles. The van der Waals surface area contributed by atoms with Crippen LogP contribution in [0, 0.1) is 11.3 Å². The highest BCUT2D eigenvalue weighted by Gasteiger charge is 2.29. The van der Waals surface area contributed by atoms with Crippen LogP contribution in [0.1, 0.15) is 24.8 Å². The third kappa shape index (κ3) is 5.76. The lowest BCUT2D eigenvalue weighted by Gasteiger charge is -2.40. The summed E-state index contributed by atoms with van der Waals surface area (Å²) in [7, 11) is 1.41. The fourth-order valence-corrected chi connectivity index (χ4v) is 3.86. The van der Waals surface area contributed by atoms with Crippen molar-refractivity contribution in [2.24, 2.45) is 11.7 Å². The first-order chi connectivity index (χ1) is 13.5. The molecule has 0 aliphatic carbocycles. The van der Waals surface area contributed by atoms with E-state index in [9.17, 15) is 9.59 Å². The van der Waals surface area contributed by atoms with Gasteiger partial charge in [0.05, 0.1) is 7.11 Å². The molecule has 0 unspecified atom stereocenters. The number of amidine groups is 1. The van der Waals surface area contributed by atoms with Crippen molar-refractivity contribution >= 4 is 35.9 Å². The molecule has 2 aliphatic heterocycles. The molecule has 8 nitrogen and oxygen atoms in total. The van der Waals surface area contributed by atoms with Crippen LogP contribution in [-0.4, -0.2) is 74.0 Å². The van der Waals surface area contributed by atoms with Gasteiger partial charge in [0.2, 0.25) is 0 Å². The number of benzene rings is 1. The summed E-state index contributed by atoms with van der Waals surface area (Å²) in [6, 6.07) is 7.75. The van der Waals surface area contributed by atoms with E-state index in [0.29, 0.717) is 44.1 Å². The molecule has 9 heteroatoms. The number of anilines is 1. The molecule has 1 aromatic carbocycles. The van der Waals surface area contributed by atoms with Crippen molar-refractivity contribution in [3.63, 3.8) is 0 Å². The van der Waals surface area contributed by atoms with Crippen LogP contribution in [0.15, 0.2) is 24.3 Å². The number of esters is 1. The Bertz CT molecular complexity index is 711. The monoisotopic (exact) mass is 423 g/mol. The number of nitrogens with zero attached hydrogens (tertiary/aromatic N) is 3. The summed E-state index contributed by atoms with van der Waals surface area (Å²) in [6.45, 7) is 4.35. The van der Waals surface area contributed by atoms with Crippen molar-refractivity contribution in [1.82, 2.24) is 9.80 Å². The van der Waals surface area contributed by atoms with E-state index in [2.05, 4.69) is 4.90 Å². The van der Waals surface area contributed by atoms with Crippen LogP contribution in [0.25, 0.3) is 0 Å². The molecule has 0 aromatic heterocycles. The van der Waals surface area contributed by atoms with Gasteiger partial charge in [0.15, 0.2) is 0 Å². The molecule has 2 fully saturated rings. The Balaban J connectivity index is 0.00000300. The summed E-state index contributed by atoms with van der Waals surface area (Å²) >= 11 is 0.